The van der Waals surface area contributed by atoms with E-state index in [1.165, 1.54) is 0 Å². The molecule has 0 spiro atoms. The zero-order valence-corrected chi connectivity index (χ0v) is 14.7. The summed E-state index contributed by atoms with van der Waals surface area (Å²) in [5.74, 6) is -0.115. The summed E-state index contributed by atoms with van der Waals surface area (Å²) >= 11 is 0. The maximum atomic E-state index is 14.2. The molecule has 0 bridgehead atoms. The SMILES string of the molecule is Cc1ccc(C(C)(C)CCc2ccc(C(C)C)c(F)c2)c(F)c1. The highest BCUT2D eigenvalue weighted by Gasteiger charge is 2.24. The molecule has 0 unspecified atom stereocenters. The lowest BCUT2D eigenvalue weighted by Gasteiger charge is -2.26. The highest BCUT2D eigenvalue weighted by molar-refractivity contribution is 5.31. The predicted molar refractivity (Wildman–Crippen MR) is 93.0 cm³/mol. The molecule has 0 nitrogen and oxygen atoms in total. The molecule has 0 heterocycles. The minimum Gasteiger partial charge on any atom is -0.207 e. The van der Waals surface area contributed by atoms with E-state index >= 15 is 0 Å². The van der Waals surface area contributed by atoms with E-state index in [0.29, 0.717) is 0 Å². The fraction of sp³-hybridized carbons (Fsp3) is 0.429. The summed E-state index contributed by atoms with van der Waals surface area (Å²) in [4.78, 5) is 0. The van der Waals surface area contributed by atoms with Crippen LogP contribution < -0.4 is 0 Å². The largest absolute Gasteiger partial charge is 0.207 e. The first-order valence-electron chi connectivity index (χ1n) is 8.25. The van der Waals surface area contributed by atoms with Crippen molar-refractivity contribution in [1.29, 1.82) is 0 Å². The van der Waals surface area contributed by atoms with Crippen molar-refractivity contribution in [3.63, 3.8) is 0 Å². The van der Waals surface area contributed by atoms with E-state index in [1.807, 2.05) is 58.9 Å². The summed E-state index contributed by atoms with van der Waals surface area (Å²) in [6.45, 7) is 9.95. The number of hydrogen-bond donors (Lipinski definition) is 0. The zero-order valence-electron chi connectivity index (χ0n) is 14.7. The average molecular weight is 316 g/mol. The Labute approximate surface area is 138 Å². The second kappa shape index (κ2) is 6.82. The van der Waals surface area contributed by atoms with Gasteiger partial charge in [0.05, 0.1) is 0 Å². The molecular formula is C21H26F2. The molecule has 0 aliphatic rings. The fourth-order valence-corrected chi connectivity index (χ4v) is 2.95. The summed E-state index contributed by atoms with van der Waals surface area (Å²) in [7, 11) is 0. The molecule has 0 atom stereocenters. The first-order chi connectivity index (χ1) is 10.7. The van der Waals surface area contributed by atoms with Crippen LogP contribution in [0, 0.1) is 18.6 Å². The van der Waals surface area contributed by atoms with E-state index in [-0.39, 0.29) is 23.0 Å². The summed E-state index contributed by atoms with van der Waals surface area (Å²) in [5, 5.41) is 0. The van der Waals surface area contributed by atoms with Gasteiger partial charge in [-0.25, -0.2) is 8.78 Å². The molecule has 2 heteroatoms. The van der Waals surface area contributed by atoms with Gasteiger partial charge in [-0.2, -0.15) is 0 Å². The molecular weight excluding hydrogens is 290 g/mol. The number of aryl methyl sites for hydroxylation is 2. The molecule has 23 heavy (non-hydrogen) atoms. The molecule has 0 saturated heterocycles. The van der Waals surface area contributed by atoms with Gasteiger partial charge in [-0.3, -0.25) is 0 Å². The van der Waals surface area contributed by atoms with Gasteiger partial charge < -0.3 is 0 Å². The van der Waals surface area contributed by atoms with E-state index in [2.05, 4.69) is 0 Å². The van der Waals surface area contributed by atoms with E-state index in [0.717, 1.165) is 35.1 Å². The summed E-state index contributed by atoms with van der Waals surface area (Å²) in [6, 6.07) is 10.9. The van der Waals surface area contributed by atoms with Crippen molar-refractivity contribution >= 4 is 0 Å². The van der Waals surface area contributed by atoms with Crippen LogP contribution in [0.15, 0.2) is 36.4 Å². The third-order valence-electron chi connectivity index (χ3n) is 4.58. The van der Waals surface area contributed by atoms with Crippen molar-refractivity contribution < 1.29 is 8.78 Å². The Balaban J connectivity index is 2.14. The Morgan fingerprint density at radius 2 is 1.65 bits per heavy atom. The van der Waals surface area contributed by atoms with Crippen molar-refractivity contribution in [2.24, 2.45) is 0 Å². The predicted octanol–water partition coefficient (Wildman–Crippen LogP) is 6.31. The van der Waals surface area contributed by atoms with Gasteiger partial charge in [0.15, 0.2) is 0 Å². The number of rotatable bonds is 5. The quantitative estimate of drug-likeness (QED) is 0.606. The molecule has 0 radical (unpaired) electrons. The van der Waals surface area contributed by atoms with Crippen molar-refractivity contribution in [2.75, 3.05) is 0 Å². The van der Waals surface area contributed by atoms with E-state index in [4.69, 9.17) is 0 Å². The van der Waals surface area contributed by atoms with Crippen LogP contribution in [0.5, 0.6) is 0 Å². The number of halogens is 2. The van der Waals surface area contributed by atoms with Gasteiger partial charge in [-0.15, -0.1) is 0 Å². The van der Waals surface area contributed by atoms with Crippen LogP contribution in [-0.2, 0) is 11.8 Å². The second-order valence-corrected chi connectivity index (χ2v) is 7.38. The molecule has 0 N–H and O–H groups in total. The van der Waals surface area contributed by atoms with Gasteiger partial charge in [0.2, 0.25) is 0 Å². The van der Waals surface area contributed by atoms with Gasteiger partial charge in [-0.05, 0) is 65.5 Å². The maximum absolute atomic E-state index is 14.2. The van der Waals surface area contributed by atoms with Crippen LogP contribution in [0.3, 0.4) is 0 Å². The molecule has 0 fully saturated rings. The molecule has 2 aromatic carbocycles. The monoisotopic (exact) mass is 316 g/mol. The minimum absolute atomic E-state index is 0.142. The molecule has 2 rings (SSSR count). The molecule has 0 saturated carbocycles. The first kappa shape index (κ1) is 17.7. The van der Waals surface area contributed by atoms with Gasteiger partial charge in [-0.1, -0.05) is 52.0 Å². The van der Waals surface area contributed by atoms with E-state index < -0.39 is 0 Å². The van der Waals surface area contributed by atoms with Gasteiger partial charge in [0, 0.05) is 0 Å². The summed E-state index contributed by atoms with van der Waals surface area (Å²) in [5.41, 5.74) is 3.08. The van der Waals surface area contributed by atoms with Crippen LogP contribution in [-0.4, -0.2) is 0 Å². The van der Waals surface area contributed by atoms with Crippen molar-refractivity contribution in [1.82, 2.24) is 0 Å². The Kier molecular flexibility index (Phi) is 5.23. The molecule has 124 valence electrons. The summed E-state index contributed by atoms with van der Waals surface area (Å²) in [6.07, 6.45) is 1.50. The Morgan fingerprint density at radius 1 is 0.957 bits per heavy atom. The van der Waals surface area contributed by atoms with Crippen molar-refractivity contribution in [3.8, 4) is 0 Å². The third kappa shape index (κ3) is 4.19. The molecule has 0 aromatic heterocycles. The minimum atomic E-state index is -0.287. The Morgan fingerprint density at radius 3 is 2.22 bits per heavy atom. The zero-order chi connectivity index (χ0) is 17.2. The molecule has 0 amide bonds. The van der Waals surface area contributed by atoms with Crippen molar-refractivity contribution in [3.05, 3.63) is 70.3 Å². The second-order valence-electron chi connectivity index (χ2n) is 7.38. The average Bonchev–Trinajstić information content (AvgIpc) is 2.44. The van der Waals surface area contributed by atoms with Gasteiger partial charge in [0.1, 0.15) is 11.6 Å². The lowest BCUT2D eigenvalue weighted by Crippen LogP contribution is -2.20. The smallest absolute Gasteiger partial charge is 0.127 e. The lowest BCUT2D eigenvalue weighted by molar-refractivity contribution is 0.449. The van der Waals surface area contributed by atoms with Crippen LogP contribution in [0.2, 0.25) is 0 Å². The highest BCUT2D eigenvalue weighted by Crippen LogP contribution is 2.31. The molecule has 0 aliphatic heterocycles. The number of hydrogen-bond acceptors (Lipinski definition) is 0. The van der Waals surface area contributed by atoms with E-state index in [9.17, 15) is 8.78 Å². The highest BCUT2D eigenvalue weighted by atomic mass is 19.1. The Bertz CT molecular complexity index is 684. The van der Waals surface area contributed by atoms with Crippen LogP contribution in [0.4, 0.5) is 8.78 Å². The molecule has 0 aliphatic carbocycles. The third-order valence-corrected chi connectivity index (χ3v) is 4.58. The number of benzene rings is 2. The van der Waals surface area contributed by atoms with Gasteiger partial charge >= 0.3 is 0 Å². The standard InChI is InChI=1S/C21H26F2/c1-14(2)17-8-7-16(13-19(17)22)10-11-21(4,5)18-9-6-15(3)12-20(18)23/h6-9,12-14H,10-11H2,1-5H3. The lowest BCUT2D eigenvalue weighted by atomic mass is 9.79. The maximum Gasteiger partial charge on any atom is 0.127 e. The first-order valence-corrected chi connectivity index (χ1v) is 8.25. The summed E-state index contributed by atoms with van der Waals surface area (Å²) < 4.78 is 28.3. The topological polar surface area (TPSA) is 0 Å². The Hall–Kier alpha value is -1.70. The van der Waals surface area contributed by atoms with Crippen LogP contribution in [0.25, 0.3) is 0 Å². The fourth-order valence-electron chi connectivity index (χ4n) is 2.95. The normalized spacial score (nSPS) is 12.0. The van der Waals surface area contributed by atoms with Crippen LogP contribution in [0.1, 0.15) is 62.3 Å². The van der Waals surface area contributed by atoms with E-state index in [1.54, 1.807) is 12.1 Å². The van der Waals surface area contributed by atoms with Crippen molar-refractivity contribution in [2.45, 2.75) is 58.8 Å². The van der Waals surface area contributed by atoms with Gasteiger partial charge in [0.25, 0.3) is 0 Å². The van der Waals surface area contributed by atoms with Crippen LogP contribution >= 0.6 is 0 Å². The molecule has 2 aromatic rings.